The normalized spacial score (nSPS) is 12.2. The van der Waals surface area contributed by atoms with Crippen molar-refractivity contribution >= 4 is 0 Å². The lowest BCUT2D eigenvalue weighted by atomic mass is 9.87. The van der Waals surface area contributed by atoms with Crippen molar-refractivity contribution in [2.24, 2.45) is 0 Å². The van der Waals surface area contributed by atoms with Crippen molar-refractivity contribution in [3.8, 4) is 11.1 Å². The molecule has 0 spiro atoms. The van der Waals surface area contributed by atoms with Crippen LogP contribution >= 0.6 is 0 Å². The second-order valence-electron chi connectivity index (χ2n) is 11.4. The van der Waals surface area contributed by atoms with E-state index in [1.165, 1.54) is 11.1 Å². The van der Waals surface area contributed by atoms with Gasteiger partial charge in [0.15, 0.2) is 0 Å². The highest BCUT2D eigenvalue weighted by molar-refractivity contribution is 5.65. The van der Waals surface area contributed by atoms with Crippen molar-refractivity contribution in [3.63, 3.8) is 0 Å². The molecule has 0 amide bonds. The number of rotatable bonds is 8. The van der Waals surface area contributed by atoms with E-state index in [1.807, 2.05) is 36.4 Å². The number of hydrogen-bond donors (Lipinski definition) is 0. The van der Waals surface area contributed by atoms with E-state index in [0.29, 0.717) is 12.8 Å². The molecule has 0 bridgehead atoms. The molecule has 0 aliphatic carbocycles. The Morgan fingerprint density at radius 3 is 1.97 bits per heavy atom. The van der Waals surface area contributed by atoms with Gasteiger partial charge >= 0.3 is 11.9 Å². The van der Waals surface area contributed by atoms with Crippen LogP contribution in [0, 0.1) is 13.8 Å². The topological polar surface area (TPSA) is 39.8 Å². The fourth-order valence-electron chi connectivity index (χ4n) is 4.63. The molecule has 0 radical (unpaired) electrons. The number of alkyl halides is 3. The zero-order valence-corrected chi connectivity index (χ0v) is 23.3. The molecule has 0 aliphatic heterocycles. The lowest BCUT2D eigenvalue weighted by Crippen LogP contribution is -2.31. The average molecular weight is 536 g/mol. The Bertz CT molecular complexity index is 1470. The van der Waals surface area contributed by atoms with E-state index in [0.717, 1.165) is 37.1 Å². The Hall–Kier alpha value is -3.61. The molecule has 0 saturated heterocycles. The number of benzene rings is 3. The van der Waals surface area contributed by atoms with Crippen molar-refractivity contribution in [1.29, 1.82) is 0 Å². The summed E-state index contributed by atoms with van der Waals surface area (Å²) in [5.74, 6) is 0.162. The third-order valence-electron chi connectivity index (χ3n) is 7.15. The average Bonchev–Trinajstić information content (AvgIpc) is 3.14. The first-order valence-corrected chi connectivity index (χ1v) is 13.3. The summed E-state index contributed by atoms with van der Waals surface area (Å²) in [6.45, 7) is 9.29. The molecule has 7 heteroatoms. The number of aromatic nitrogens is 3. The van der Waals surface area contributed by atoms with Crippen LogP contribution in [0.3, 0.4) is 0 Å². The van der Waals surface area contributed by atoms with Crippen molar-refractivity contribution in [3.05, 3.63) is 111 Å². The van der Waals surface area contributed by atoms with Gasteiger partial charge in [-0.2, -0.15) is 18.3 Å². The number of nitrogens with zero attached hydrogens (tertiary/aromatic N) is 3. The van der Waals surface area contributed by atoms with Gasteiger partial charge < -0.3 is 0 Å². The van der Waals surface area contributed by atoms with E-state index in [1.54, 1.807) is 0 Å². The fraction of sp³-hybridized carbons (Fsp3) is 0.375. The highest BCUT2D eigenvalue weighted by atomic mass is 19.4. The third kappa shape index (κ3) is 7.28. The maximum absolute atomic E-state index is 13.3. The zero-order valence-electron chi connectivity index (χ0n) is 23.3. The van der Waals surface area contributed by atoms with Crippen LogP contribution in [-0.2, 0) is 31.3 Å². The van der Waals surface area contributed by atoms with Gasteiger partial charge in [-0.3, -0.25) is 4.57 Å². The molecular formula is C32H36F3N3O. The van der Waals surface area contributed by atoms with E-state index in [2.05, 4.69) is 70.0 Å². The Balaban J connectivity index is 1.47. The Labute approximate surface area is 228 Å². The Morgan fingerprint density at radius 2 is 1.38 bits per heavy atom. The summed E-state index contributed by atoms with van der Waals surface area (Å²) in [7, 11) is 0. The van der Waals surface area contributed by atoms with Crippen molar-refractivity contribution in [1.82, 2.24) is 14.3 Å². The van der Waals surface area contributed by atoms with Crippen LogP contribution < -0.4 is 5.69 Å². The summed E-state index contributed by atoms with van der Waals surface area (Å²) in [5.41, 5.74) is 7.06. The van der Waals surface area contributed by atoms with Crippen LogP contribution in [-0.4, -0.2) is 20.5 Å². The highest BCUT2D eigenvalue weighted by Crippen LogP contribution is 2.24. The largest absolute Gasteiger partial charge is 0.406 e. The first-order valence-electron chi connectivity index (χ1n) is 13.3. The minimum atomic E-state index is -4.51. The maximum Gasteiger partial charge on any atom is 0.406 e. The predicted octanol–water partition coefficient (Wildman–Crippen LogP) is 7.41. The maximum atomic E-state index is 13.3. The summed E-state index contributed by atoms with van der Waals surface area (Å²) in [6, 6.07) is 22.4. The molecule has 0 saturated carbocycles. The molecule has 4 aromatic rings. The van der Waals surface area contributed by atoms with Crippen LogP contribution in [0.1, 0.15) is 60.8 Å². The van der Waals surface area contributed by atoms with Crippen LogP contribution in [0.4, 0.5) is 13.2 Å². The molecule has 0 atom stereocenters. The Morgan fingerprint density at radius 1 is 0.769 bits per heavy atom. The minimum absolute atomic E-state index is 0.0170. The molecule has 0 fully saturated rings. The van der Waals surface area contributed by atoms with Gasteiger partial charge in [-0.15, -0.1) is 0 Å². The molecule has 4 nitrogen and oxygen atoms in total. The molecule has 1 heterocycles. The van der Waals surface area contributed by atoms with E-state index in [4.69, 9.17) is 0 Å². The molecule has 0 N–H and O–H groups in total. The second kappa shape index (κ2) is 11.2. The van der Waals surface area contributed by atoms with Crippen LogP contribution in [0.5, 0.6) is 0 Å². The van der Waals surface area contributed by atoms with E-state index in [9.17, 15) is 18.0 Å². The summed E-state index contributed by atoms with van der Waals surface area (Å²) < 4.78 is 41.8. The van der Waals surface area contributed by atoms with E-state index >= 15 is 0 Å². The first kappa shape index (κ1) is 28.4. The van der Waals surface area contributed by atoms with Crippen molar-refractivity contribution < 1.29 is 13.2 Å². The number of aryl methyl sites for hydroxylation is 4. The molecule has 0 unspecified atom stereocenters. The van der Waals surface area contributed by atoms with Crippen molar-refractivity contribution in [2.45, 2.75) is 78.6 Å². The Kier molecular flexibility index (Phi) is 8.19. The monoisotopic (exact) mass is 535 g/mol. The molecule has 0 aliphatic rings. The van der Waals surface area contributed by atoms with Crippen molar-refractivity contribution in [2.75, 3.05) is 0 Å². The number of halogens is 3. The van der Waals surface area contributed by atoms with Gasteiger partial charge in [0.2, 0.25) is 0 Å². The van der Waals surface area contributed by atoms with Gasteiger partial charge in [-0.05, 0) is 71.0 Å². The van der Waals surface area contributed by atoms with Crippen LogP contribution in [0.15, 0.2) is 71.5 Å². The minimum Gasteiger partial charge on any atom is -0.270 e. The second-order valence-corrected chi connectivity index (χ2v) is 11.4. The van der Waals surface area contributed by atoms with Crippen LogP contribution in [0.2, 0.25) is 0 Å². The van der Waals surface area contributed by atoms with Gasteiger partial charge in [-0.1, -0.05) is 87.5 Å². The fourth-order valence-corrected chi connectivity index (χ4v) is 4.63. The molecule has 39 heavy (non-hydrogen) atoms. The number of hydrogen-bond acceptors (Lipinski definition) is 2. The highest BCUT2D eigenvalue weighted by Gasteiger charge is 2.31. The smallest absolute Gasteiger partial charge is 0.270 e. The van der Waals surface area contributed by atoms with Gasteiger partial charge in [0.25, 0.3) is 0 Å². The standard InChI is InChI=1S/C32H36F3N3O/c1-22-9-14-27(19-23(22)2)26-15-10-24(11-16-26)7-6-8-29-36-38(30(39)37(29)21-32(33,34)35)20-25-12-17-28(18-13-25)31(3,4)5/h9-19H,6-8,20-21H2,1-5H3. The SMILES string of the molecule is Cc1ccc(-c2ccc(CCCc3nn(Cc4ccc(C(C)(C)C)cc4)c(=O)n3CC(F)(F)F)cc2)cc1C. The molecule has 3 aromatic carbocycles. The molecule has 206 valence electrons. The lowest BCUT2D eigenvalue weighted by Gasteiger charge is -2.19. The van der Waals surface area contributed by atoms with Gasteiger partial charge in [0.1, 0.15) is 12.4 Å². The third-order valence-corrected chi connectivity index (χ3v) is 7.15. The summed E-state index contributed by atoms with van der Waals surface area (Å²) >= 11 is 0. The first-order chi connectivity index (χ1) is 18.3. The van der Waals surface area contributed by atoms with Gasteiger partial charge in [-0.25, -0.2) is 9.48 Å². The summed E-state index contributed by atoms with van der Waals surface area (Å²) in [5, 5.41) is 4.33. The quantitative estimate of drug-likeness (QED) is 0.236. The lowest BCUT2D eigenvalue weighted by molar-refractivity contribution is -0.141. The van der Waals surface area contributed by atoms with E-state index in [-0.39, 0.29) is 24.2 Å². The van der Waals surface area contributed by atoms with Gasteiger partial charge in [0, 0.05) is 6.42 Å². The van der Waals surface area contributed by atoms with E-state index < -0.39 is 18.4 Å². The van der Waals surface area contributed by atoms with Gasteiger partial charge in [0.05, 0.1) is 6.54 Å². The summed E-state index contributed by atoms with van der Waals surface area (Å²) in [6.07, 6.45) is -2.97. The predicted molar refractivity (Wildman–Crippen MR) is 150 cm³/mol. The zero-order chi connectivity index (χ0) is 28.4. The molecule has 1 aromatic heterocycles. The molecule has 4 rings (SSSR count). The summed E-state index contributed by atoms with van der Waals surface area (Å²) in [4.78, 5) is 12.9. The van der Waals surface area contributed by atoms with Crippen LogP contribution in [0.25, 0.3) is 11.1 Å². The molecular weight excluding hydrogens is 499 g/mol.